The van der Waals surface area contributed by atoms with Gasteiger partial charge in [-0.1, -0.05) is 0 Å². The number of nitrogens with zero attached hydrogens (tertiary/aromatic N) is 1. The normalized spacial score (nSPS) is 22.5. The average molecular weight is 284 g/mol. The Balaban J connectivity index is 2.49. The van der Waals surface area contributed by atoms with E-state index in [1.54, 1.807) is 0 Å². The molecule has 0 unspecified atom stereocenters. The van der Waals surface area contributed by atoms with Crippen molar-refractivity contribution in [2.75, 3.05) is 20.2 Å². The zero-order chi connectivity index (χ0) is 14.6. The Morgan fingerprint density at radius 1 is 1.42 bits per heavy atom. The zero-order valence-electron chi connectivity index (χ0n) is 10.2. The summed E-state index contributed by atoms with van der Waals surface area (Å²) in [5.41, 5.74) is 0. The average Bonchev–Trinajstić information content (AvgIpc) is 2.18. The van der Waals surface area contributed by atoms with Crippen LogP contribution in [0.1, 0.15) is 12.8 Å². The first-order valence-electron chi connectivity index (χ1n) is 5.58. The Labute approximate surface area is 107 Å². The van der Waals surface area contributed by atoms with E-state index in [9.17, 15) is 22.8 Å². The zero-order valence-corrected chi connectivity index (χ0v) is 10.2. The third-order valence-electron chi connectivity index (χ3n) is 2.74. The van der Waals surface area contributed by atoms with E-state index in [1.807, 2.05) is 0 Å². The molecule has 0 aliphatic heterocycles. The van der Waals surface area contributed by atoms with Gasteiger partial charge in [0.2, 0.25) is 0 Å². The fraction of sp³-hybridized carbons (Fsp3) is 0.800. The van der Waals surface area contributed by atoms with Crippen LogP contribution >= 0.6 is 0 Å². The van der Waals surface area contributed by atoms with Gasteiger partial charge in [-0.05, 0) is 12.8 Å². The van der Waals surface area contributed by atoms with Crippen LogP contribution < -0.4 is 5.32 Å². The molecule has 1 saturated carbocycles. The molecule has 2 N–H and O–H groups in total. The smallest absolute Gasteiger partial charge is 0.406 e. The minimum absolute atomic E-state index is 0.0131. The van der Waals surface area contributed by atoms with Crippen LogP contribution in [0.15, 0.2) is 0 Å². The van der Waals surface area contributed by atoms with Crippen molar-refractivity contribution in [2.24, 2.45) is 0 Å². The third kappa shape index (κ3) is 5.33. The lowest BCUT2D eigenvalue weighted by atomic mass is 9.89. The van der Waals surface area contributed by atoms with Gasteiger partial charge in [0.05, 0.1) is 6.10 Å². The predicted molar refractivity (Wildman–Crippen MR) is 57.6 cm³/mol. The number of hydrogen-bond acceptors (Lipinski definition) is 3. The molecule has 9 heteroatoms. The molecular formula is C10H15F3N2O4. The molecule has 1 fully saturated rings. The van der Waals surface area contributed by atoms with Crippen molar-refractivity contribution in [3.8, 4) is 0 Å². The summed E-state index contributed by atoms with van der Waals surface area (Å²) in [5, 5.41) is 10.9. The van der Waals surface area contributed by atoms with Crippen molar-refractivity contribution in [1.82, 2.24) is 10.2 Å². The first kappa shape index (κ1) is 15.5. The maximum absolute atomic E-state index is 12.2. The number of hydrogen-bond donors (Lipinski definition) is 2. The highest BCUT2D eigenvalue weighted by atomic mass is 19.4. The van der Waals surface area contributed by atoms with Gasteiger partial charge in [0.25, 0.3) is 0 Å². The molecular weight excluding hydrogens is 269 g/mol. The lowest BCUT2D eigenvalue weighted by Crippen LogP contribution is -2.54. The summed E-state index contributed by atoms with van der Waals surface area (Å²) in [6.45, 7) is -2.59. The minimum atomic E-state index is -4.64. The highest BCUT2D eigenvalue weighted by molar-refractivity contribution is 5.80. The largest absolute Gasteiger partial charge is 0.480 e. The van der Waals surface area contributed by atoms with Gasteiger partial charge in [-0.2, -0.15) is 13.2 Å². The van der Waals surface area contributed by atoms with Gasteiger partial charge in [0, 0.05) is 13.2 Å². The molecule has 0 aromatic rings. The lowest BCUT2D eigenvalue weighted by Gasteiger charge is -2.36. The van der Waals surface area contributed by atoms with E-state index in [-0.39, 0.29) is 17.0 Å². The van der Waals surface area contributed by atoms with E-state index in [1.165, 1.54) is 7.11 Å². The highest BCUT2D eigenvalue weighted by Gasteiger charge is 2.36. The lowest BCUT2D eigenvalue weighted by molar-refractivity contribution is -0.149. The Hall–Kier alpha value is -1.51. The molecule has 0 radical (unpaired) electrons. The number of carbonyl (C=O) groups excluding carboxylic acids is 1. The van der Waals surface area contributed by atoms with Gasteiger partial charge in [-0.25, -0.2) is 4.79 Å². The molecule has 110 valence electrons. The summed E-state index contributed by atoms with van der Waals surface area (Å²) in [6, 6.07) is -1.30. The second kappa shape index (κ2) is 6.09. The van der Waals surface area contributed by atoms with Crippen LogP contribution in [0.2, 0.25) is 0 Å². The van der Waals surface area contributed by atoms with Crippen molar-refractivity contribution in [3.63, 3.8) is 0 Å². The molecule has 19 heavy (non-hydrogen) atoms. The van der Waals surface area contributed by atoms with Gasteiger partial charge in [0.1, 0.15) is 13.1 Å². The van der Waals surface area contributed by atoms with E-state index < -0.39 is 31.3 Å². The molecule has 0 atom stereocenters. The molecule has 6 nitrogen and oxygen atoms in total. The first-order chi connectivity index (χ1) is 8.71. The van der Waals surface area contributed by atoms with Crippen LogP contribution in [0, 0.1) is 0 Å². The number of nitrogens with one attached hydrogen (secondary N) is 1. The fourth-order valence-corrected chi connectivity index (χ4v) is 1.72. The highest BCUT2D eigenvalue weighted by Crippen LogP contribution is 2.23. The van der Waals surface area contributed by atoms with Gasteiger partial charge in [-0.15, -0.1) is 0 Å². The van der Waals surface area contributed by atoms with Crippen LogP contribution in [0.25, 0.3) is 0 Å². The van der Waals surface area contributed by atoms with E-state index in [4.69, 9.17) is 9.84 Å². The van der Waals surface area contributed by atoms with Crippen LogP contribution in [-0.2, 0) is 9.53 Å². The van der Waals surface area contributed by atoms with E-state index in [0.717, 1.165) is 0 Å². The Bertz CT molecular complexity index is 342. The number of alkyl halides is 3. The number of carbonyl (C=O) groups is 2. The standard InChI is InChI=1S/C10H15F3N2O4/c1-19-7-2-6(3-7)14-9(18)15(4-8(16)17)5-10(11,12)13/h6-7H,2-5H2,1H3,(H,14,18)(H,16,17). The molecule has 0 bridgehead atoms. The van der Waals surface area contributed by atoms with Crippen molar-refractivity contribution in [2.45, 2.75) is 31.2 Å². The van der Waals surface area contributed by atoms with Crippen LogP contribution in [0.3, 0.4) is 0 Å². The summed E-state index contributed by atoms with van der Waals surface area (Å²) >= 11 is 0. The predicted octanol–water partition coefficient (Wildman–Crippen LogP) is 0.822. The number of rotatable bonds is 5. The Kier molecular flexibility index (Phi) is 4.98. The number of ether oxygens (including phenoxy) is 1. The maximum atomic E-state index is 12.2. The number of aliphatic carboxylic acids is 1. The van der Waals surface area contributed by atoms with Gasteiger partial charge in [-0.3, -0.25) is 4.79 Å². The van der Waals surface area contributed by atoms with Gasteiger partial charge in [0.15, 0.2) is 0 Å². The van der Waals surface area contributed by atoms with Crippen molar-refractivity contribution < 1.29 is 32.6 Å². The molecule has 1 aliphatic carbocycles. The number of urea groups is 1. The van der Waals surface area contributed by atoms with E-state index >= 15 is 0 Å². The number of carboxylic acids is 1. The summed E-state index contributed by atoms with van der Waals surface area (Å²) in [6.07, 6.45) is -3.63. The van der Waals surface area contributed by atoms with Crippen molar-refractivity contribution >= 4 is 12.0 Å². The molecule has 0 heterocycles. The summed E-state index contributed by atoms with van der Waals surface area (Å²) in [7, 11) is 1.50. The van der Waals surface area contributed by atoms with Crippen molar-refractivity contribution in [1.29, 1.82) is 0 Å². The SMILES string of the molecule is COC1CC(NC(=O)N(CC(=O)O)CC(F)(F)F)C1. The molecule has 0 aromatic carbocycles. The first-order valence-corrected chi connectivity index (χ1v) is 5.58. The molecule has 1 rings (SSSR count). The van der Waals surface area contributed by atoms with Crippen LogP contribution in [-0.4, -0.2) is 60.5 Å². The Morgan fingerprint density at radius 2 is 2.00 bits per heavy atom. The topological polar surface area (TPSA) is 78.9 Å². The van der Waals surface area contributed by atoms with E-state index in [2.05, 4.69) is 5.32 Å². The van der Waals surface area contributed by atoms with Crippen LogP contribution in [0.5, 0.6) is 0 Å². The monoisotopic (exact) mass is 284 g/mol. The summed E-state index contributed by atoms with van der Waals surface area (Å²) < 4.78 is 41.7. The third-order valence-corrected chi connectivity index (χ3v) is 2.74. The second-order valence-corrected chi connectivity index (χ2v) is 4.34. The second-order valence-electron chi connectivity index (χ2n) is 4.34. The maximum Gasteiger partial charge on any atom is 0.406 e. The summed E-state index contributed by atoms with van der Waals surface area (Å²) in [5.74, 6) is -1.50. The number of halogens is 3. The molecule has 0 saturated heterocycles. The minimum Gasteiger partial charge on any atom is -0.480 e. The quantitative estimate of drug-likeness (QED) is 0.783. The van der Waals surface area contributed by atoms with Crippen LogP contribution in [0.4, 0.5) is 18.0 Å². The molecule has 1 aliphatic rings. The van der Waals surface area contributed by atoms with Gasteiger partial charge < -0.3 is 20.1 Å². The number of amides is 2. The number of methoxy groups -OCH3 is 1. The summed E-state index contributed by atoms with van der Waals surface area (Å²) in [4.78, 5) is 22.2. The van der Waals surface area contributed by atoms with Crippen molar-refractivity contribution in [3.05, 3.63) is 0 Å². The molecule has 0 spiro atoms. The number of carboxylic acid groups (broad SMARTS) is 1. The van der Waals surface area contributed by atoms with Gasteiger partial charge >= 0.3 is 18.2 Å². The Morgan fingerprint density at radius 3 is 2.42 bits per heavy atom. The van der Waals surface area contributed by atoms with E-state index in [0.29, 0.717) is 12.8 Å². The molecule has 0 aromatic heterocycles. The molecule has 2 amide bonds. The fourth-order valence-electron chi connectivity index (χ4n) is 1.72.